The summed E-state index contributed by atoms with van der Waals surface area (Å²) in [6.45, 7) is 7.33. The Morgan fingerprint density at radius 2 is 1.86 bits per heavy atom. The molecule has 0 saturated heterocycles. The minimum Gasteiger partial charge on any atom is -0.294 e. The Morgan fingerprint density at radius 1 is 1.29 bits per heavy atom. The molecule has 0 heterocycles. The molecule has 0 atom stereocenters. The summed E-state index contributed by atoms with van der Waals surface area (Å²) >= 11 is 0. The van der Waals surface area contributed by atoms with Crippen LogP contribution in [-0.2, 0) is 0 Å². The van der Waals surface area contributed by atoms with Gasteiger partial charge in [-0.1, -0.05) is 20.8 Å². The third-order valence-corrected chi connectivity index (χ3v) is 2.11. The lowest BCUT2D eigenvalue weighted by Gasteiger charge is -2.17. The van der Waals surface area contributed by atoms with Crippen molar-refractivity contribution in [2.75, 3.05) is 0 Å². The number of hydrogen-bond acceptors (Lipinski definition) is 1. The van der Waals surface area contributed by atoms with Gasteiger partial charge in [0.05, 0.1) is 0 Å². The first kappa shape index (κ1) is 10.9. The monoisotopic (exact) mass is 194 g/mol. The van der Waals surface area contributed by atoms with Crippen molar-refractivity contribution >= 4 is 5.78 Å². The fraction of sp³-hybridized carbons (Fsp3) is 0.417. The van der Waals surface area contributed by atoms with Crippen LogP contribution in [0.25, 0.3) is 0 Å². The van der Waals surface area contributed by atoms with Crippen LogP contribution in [0, 0.1) is 18.2 Å². The Morgan fingerprint density at radius 3 is 2.29 bits per heavy atom. The van der Waals surface area contributed by atoms with Gasteiger partial charge in [-0.25, -0.2) is 4.39 Å². The lowest BCUT2D eigenvalue weighted by Crippen LogP contribution is -2.21. The molecule has 1 nitrogen and oxygen atoms in total. The second-order valence-electron chi connectivity index (χ2n) is 4.54. The summed E-state index contributed by atoms with van der Waals surface area (Å²) in [7, 11) is 0. The third-order valence-electron chi connectivity index (χ3n) is 2.11. The molecule has 76 valence electrons. The van der Waals surface area contributed by atoms with Gasteiger partial charge in [0.15, 0.2) is 5.78 Å². The molecular weight excluding hydrogens is 179 g/mol. The molecule has 0 fully saturated rings. The predicted molar refractivity (Wildman–Crippen MR) is 54.9 cm³/mol. The molecule has 1 aromatic carbocycles. The molecule has 0 aliphatic heterocycles. The molecule has 14 heavy (non-hydrogen) atoms. The molecule has 2 heteroatoms. The maximum atomic E-state index is 12.8. The van der Waals surface area contributed by atoms with Crippen molar-refractivity contribution in [1.82, 2.24) is 0 Å². The van der Waals surface area contributed by atoms with Gasteiger partial charge in [0.25, 0.3) is 0 Å². The average Bonchev–Trinajstić information content (AvgIpc) is 2.01. The fourth-order valence-corrected chi connectivity index (χ4v) is 1.29. The Labute approximate surface area is 83.9 Å². The van der Waals surface area contributed by atoms with E-state index in [4.69, 9.17) is 0 Å². The van der Waals surface area contributed by atoms with Crippen LogP contribution in [-0.4, -0.2) is 5.78 Å². The lowest BCUT2D eigenvalue weighted by atomic mass is 9.85. The fourth-order valence-electron chi connectivity index (χ4n) is 1.29. The molecule has 0 spiro atoms. The van der Waals surface area contributed by atoms with E-state index in [1.165, 1.54) is 12.1 Å². The zero-order valence-electron chi connectivity index (χ0n) is 9.02. The van der Waals surface area contributed by atoms with Gasteiger partial charge in [-0.2, -0.15) is 0 Å². The molecule has 1 aromatic rings. The van der Waals surface area contributed by atoms with Gasteiger partial charge in [0.1, 0.15) is 5.82 Å². The highest BCUT2D eigenvalue weighted by atomic mass is 19.1. The first-order chi connectivity index (χ1) is 6.32. The molecule has 1 rings (SSSR count). The number of Topliss-reactive ketones (excluding diaryl/α,β-unsaturated/α-hetero) is 1. The van der Waals surface area contributed by atoms with Gasteiger partial charge in [0, 0.05) is 11.0 Å². The van der Waals surface area contributed by atoms with Crippen molar-refractivity contribution in [3.63, 3.8) is 0 Å². The van der Waals surface area contributed by atoms with Crippen LogP contribution in [0.2, 0.25) is 0 Å². The van der Waals surface area contributed by atoms with Crippen molar-refractivity contribution in [3.8, 4) is 0 Å². The van der Waals surface area contributed by atoms with Crippen LogP contribution in [0.5, 0.6) is 0 Å². The summed E-state index contributed by atoms with van der Waals surface area (Å²) in [5.74, 6) is -0.247. The van der Waals surface area contributed by atoms with Gasteiger partial charge in [-0.3, -0.25) is 4.79 Å². The Kier molecular flexibility index (Phi) is 2.74. The van der Waals surface area contributed by atoms with Gasteiger partial charge in [-0.15, -0.1) is 0 Å². The zero-order valence-corrected chi connectivity index (χ0v) is 9.02. The van der Waals surface area contributed by atoms with Crippen molar-refractivity contribution in [2.45, 2.75) is 27.7 Å². The molecule has 0 bridgehead atoms. The van der Waals surface area contributed by atoms with E-state index < -0.39 is 5.41 Å². The molecule has 0 aliphatic rings. The van der Waals surface area contributed by atoms with Crippen LogP contribution < -0.4 is 0 Å². The zero-order chi connectivity index (χ0) is 10.9. The van der Waals surface area contributed by atoms with Crippen LogP contribution in [0.4, 0.5) is 4.39 Å². The number of halogens is 1. The topological polar surface area (TPSA) is 17.1 Å². The van der Waals surface area contributed by atoms with Crippen LogP contribution >= 0.6 is 0 Å². The summed E-state index contributed by atoms with van der Waals surface area (Å²) in [4.78, 5) is 11.9. The van der Waals surface area contributed by atoms with Gasteiger partial charge in [0.2, 0.25) is 0 Å². The Bertz CT molecular complexity index is 361. The number of carbonyl (C=O) groups excluding carboxylic acids is 1. The molecule has 0 amide bonds. The SMILES string of the molecule is Cc1cc(F)ccc1C(=O)C(C)(C)C. The van der Waals surface area contributed by atoms with E-state index in [0.29, 0.717) is 11.1 Å². The van der Waals surface area contributed by atoms with Crippen molar-refractivity contribution in [3.05, 3.63) is 35.1 Å². The third kappa shape index (κ3) is 2.19. The summed E-state index contributed by atoms with van der Waals surface area (Å²) in [5, 5.41) is 0. The molecule has 0 N–H and O–H groups in total. The van der Waals surface area contributed by atoms with Crippen LogP contribution in [0.15, 0.2) is 18.2 Å². The van der Waals surface area contributed by atoms with E-state index in [1.807, 2.05) is 20.8 Å². The highest BCUT2D eigenvalue weighted by Gasteiger charge is 2.24. The second kappa shape index (κ2) is 3.52. The predicted octanol–water partition coefficient (Wildman–Crippen LogP) is 3.36. The van der Waals surface area contributed by atoms with E-state index in [1.54, 1.807) is 13.0 Å². The van der Waals surface area contributed by atoms with E-state index in [2.05, 4.69) is 0 Å². The number of rotatable bonds is 1. The maximum absolute atomic E-state index is 12.8. The normalized spacial score (nSPS) is 11.5. The highest BCUT2D eigenvalue weighted by Crippen LogP contribution is 2.23. The van der Waals surface area contributed by atoms with E-state index in [0.717, 1.165) is 0 Å². The maximum Gasteiger partial charge on any atom is 0.168 e. The van der Waals surface area contributed by atoms with Crippen molar-refractivity contribution in [1.29, 1.82) is 0 Å². The van der Waals surface area contributed by atoms with Gasteiger partial charge in [-0.05, 0) is 30.7 Å². The first-order valence-electron chi connectivity index (χ1n) is 4.63. The number of hydrogen-bond donors (Lipinski definition) is 0. The summed E-state index contributed by atoms with van der Waals surface area (Å²) in [6.07, 6.45) is 0. The molecule has 0 aromatic heterocycles. The first-order valence-corrected chi connectivity index (χ1v) is 4.63. The minimum absolute atomic E-state index is 0.0509. The molecule has 0 aliphatic carbocycles. The quantitative estimate of drug-likeness (QED) is 0.626. The largest absolute Gasteiger partial charge is 0.294 e. The van der Waals surface area contributed by atoms with Crippen LogP contribution in [0.1, 0.15) is 36.7 Å². The minimum atomic E-state index is -0.414. The number of aryl methyl sites for hydroxylation is 1. The van der Waals surface area contributed by atoms with E-state index in [-0.39, 0.29) is 11.6 Å². The smallest absolute Gasteiger partial charge is 0.168 e. The molecule has 0 saturated carbocycles. The Balaban J connectivity index is 3.15. The van der Waals surface area contributed by atoms with Crippen LogP contribution in [0.3, 0.4) is 0 Å². The summed E-state index contributed by atoms with van der Waals surface area (Å²) in [5.41, 5.74) is 0.895. The Hall–Kier alpha value is -1.18. The molecule has 0 unspecified atom stereocenters. The average molecular weight is 194 g/mol. The molecular formula is C12H15FO. The molecule has 0 radical (unpaired) electrons. The van der Waals surface area contributed by atoms with Crippen molar-refractivity contribution < 1.29 is 9.18 Å². The second-order valence-corrected chi connectivity index (χ2v) is 4.54. The summed E-state index contributed by atoms with van der Waals surface area (Å²) < 4.78 is 12.8. The number of benzene rings is 1. The van der Waals surface area contributed by atoms with Gasteiger partial charge >= 0.3 is 0 Å². The lowest BCUT2D eigenvalue weighted by molar-refractivity contribution is 0.0857. The number of ketones is 1. The van der Waals surface area contributed by atoms with Crippen molar-refractivity contribution in [2.24, 2.45) is 5.41 Å². The van der Waals surface area contributed by atoms with Gasteiger partial charge < -0.3 is 0 Å². The number of carbonyl (C=O) groups is 1. The summed E-state index contributed by atoms with van der Waals surface area (Å²) in [6, 6.07) is 4.27. The van der Waals surface area contributed by atoms with E-state index in [9.17, 15) is 9.18 Å². The standard InChI is InChI=1S/C12H15FO/c1-8-7-9(13)5-6-10(8)11(14)12(2,3)4/h5-7H,1-4H3. The highest BCUT2D eigenvalue weighted by molar-refractivity contribution is 6.00. The van der Waals surface area contributed by atoms with E-state index >= 15 is 0 Å².